The summed E-state index contributed by atoms with van der Waals surface area (Å²) in [7, 11) is -3.97. The zero-order valence-electron chi connectivity index (χ0n) is 8.66. The molecule has 3 N–H and O–H groups in total. The molecule has 0 saturated heterocycles. The molecule has 0 aromatic heterocycles. The van der Waals surface area contributed by atoms with Gasteiger partial charge in [-0.3, -0.25) is 0 Å². The van der Waals surface area contributed by atoms with Crippen LogP contribution in [0, 0.1) is 0 Å². The summed E-state index contributed by atoms with van der Waals surface area (Å²) in [6, 6.07) is 5.95. The maximum atomic E-state index is 12.8. The number of hydrogen-bond acceptors (Lipinski definition) is 3. The molecule has 0 aliphatic heterocycles. The molecule has 96 valence electrons. The van der Waals surface area contributed by atoms with Gasteiger partial charge in [0.2, 0.25) is 10.0 Å². The van der Waals surface area contributed by atoms with Crippen LogP contribution in [0.1, 0.15) is 0 Å². The molecule has 1 rings (SSSR count). The van der Waals surface area contributed by atoms with Crippen LogP contribution in [0.25, 0.3) is 0 Å². The van der Waals surface area contributed by atoms with Crippen LogP contribution in [0.15, 0.2) is 33.6 Å². The number of nitrogens with two attached hydrogens (primary N) is 1. The van der Waals surface area contributed by atoms with Crippen molar-refractivity contribution >= 4 is 26.0 Å². The van der Waals surface area contributed by atoms with Gasteiger partial charge in [0.25, 0.3) is 5.92 Å². The van der Waals surface area contributed by atoms with E-state index in [2.05, 4.69) is 15.9 Å². The second-order valence-corrected chi connectivity index (χ2v) is 5.90. The summed E-state index contributed by atoms with van der Waals surface area (Å²) in [5, 5.41) is 0. The first kappa shape index (κ1) is 14.5. The van der Waals surface area contributed by atoms with Crippen molar-refractivity contribution < 1.29 is 17.2 Å². The maximum absolute atomic E-state index is 12.8. The Labute approximate surface area is 106 Å². The van der Waals surface area contributed by atoms with Gasteiger partial charge >= 0.3 is 0 Å². The molecule has 0 spiro atoms. The standard InChI is InChI=1S/C9H11BrF2N2O2S/c10-7-3-1-2-4-8(7)17(15,16)14-6-9(11,12)5-13/h1-4,14H,5-6,13H2. The molecule has 0 aliphatic carbocycles. The molecule has 0 fully saturated rings. The third-order valence-corrected chi connectivity index (χ3v) is 4.36. The minimum atomic E-state index is -3.97. The molecule has 0 saturated carbocycles. The van der Waals surface area contributed by atoms with E-state index in [1.807, 2.05) is 4.72 Å². The first-order valence-corrected chi connectivity index (χ1v) is 6.88. The lowest BCUT2D eigenvalue weighted by molar-refractivity contribution is 0.0170. The fourth-order valence-electron chi connectivity index (χ4n) is 1.01. The van der Waals surface area contributed by atoms with Gasteiger partial charge in [-0.05, 0) is 28.1 Å². The van der Waals surface area contributed by atoms with Crippen LogP contribution in [-0.2, 0) is 10.0 Å². The predicted octanol–water partition coefficient (Wildman–Crippen LogP) is 1.32. The van der Waals surface area contributed by atoms with E-state index in [0.29, 0.717) is 4.47 Å². The summed E-state index contributed by atoms with van der Waals surface area (Å²) in [5.74, 6) is -3.26. The van der Waals surface area contributed by atoms with Crippen molar-refractivity contribution in [3.8, 4) is 0 Å². The minimum absolute atomic E-state index is 0.0900. The number of nitrogens with one attached hydrogen (secondary N) is 1. The number of alkyl halides is 2. The molecular weight excluding hydrogens is 318 g/mol. The maximum Gasteiger partial charge on any atom is 0.273 e. The molecule has 1 aromatic carbocycles. The monoisotopic (exact) mass is 328 g/mol. The Kier molecular flexibility index (Phi) is 4.59. The summed E-state index contributed by atoms with van der Waals surface area (Å²) in [4.78, 5) is -0.0900. The molecule has 0 aliphatic rings. The highest BCUT2D eigenvalue weighted by atomic mass is 79.9. The molecule has 1 aromatic rings. The third kappa shape index (κ3) is 3.98. The number of rotatable bonds is 5. The van der Waals surface area contributed by atoms with Gasteiger partial charge < -0.3 is 5.73 Å². The van der Waals surface area contributed by atoms with Crippen LogP contribution in [0.3, 0.4) is 0 Å². The molecule has 0 heterocycles. The highest BCUT2D eigenvalue weighted by Gasteiger charge is 2.29. The van der Waals surface area contributed by atoms with Gasteiger partial charge in [0.1, 0.15) is 0 Å². The van der Waals surface area contributed by atoms with Gasteiger partial charge in [0.05, 0.1) is 18.0 Å². The molecular formula is C9H11BrF2N2O2S. The SMILES string of the molecule is NCC(F)(F)CNS(=O)(=O)c1ccccc1Br. The first-order chi connectivity index (χ1) is 7.78. The molecule has 0 radical (unpaired) electrons. The quantitative estimate of drug-likeness (QED) is 0.856. The van der Waals surface area contributed by atoms with E-state index in [1.165, 1.54) is 18.2 Å². The second kappa shape index (κ2) is 5.38. The van der Waals surface area contributed by atoms with Crippen molar-refractivity contribution in [3.63, 3.8) is 0 Å². The summed E-state index contributed by atoms with van der Waals surface area (Å²) >= 11 is 3.04. The van der Waals surface area contributed by atoms with Crippen molar-refractivity contribution in [2.45, 2.75) is 10.8 Å². The molecule has 0 unspecified atom stereocenters. The first-order valence-electron chi connectivity index (χ1n) is 4.60. The lowest BCUT2D eigenvalue weighted by Crippen LogP contribution is -2.41. The van der Waals surface area contributed by atoms with E-state index < -0.39 is 29.0 Å². The van der Waals surface area contributed by atoms with Gasteiger partial charge in [0.15, 0.2) is 0 Å². The Morgan fingerprint density at radius 3 is 2.47 bits per heavy atom. The number of halogens is 3. The van der Waals surface area contributed by atoms with Crippen molar-refractivity contribution in [1.29, 1.82) is 0 Å². The van der Waals surface area contributed by atoms with Crippen LogP contribution in [0.5, 0.6) is 0 Å². The molecule has 17 heavy (non-hydrogen) atoms. The topological polar surface area (TPSA) is 72.2 Å². The van der Waals surface area contributed by atoms with E-state index in [4.69, 9.17) is 5.73 Å². The van der Waals surface area contributed by atoms with Crippen LogP contribution in [0.4, 0.5) is 8.78 Å². The fraction of sp³-hybridized carbons (Fsp3) is 0.333. The third-order valence-electron chi connectivity index (χ3n) is 1.95. The van der Waals surface area contributed by atoms with Crippen molar-refractivity contribution in [2.24, 2.45) is 5.73 Å². The van der Waals surface area contributed by atoms with E-state index in [-0.39, 0.29) is 4.90 Å². The van der Waals surface area contributed by atoms with Crippen LogP contribution in [0.2, 0.25) is 0 Å². The van der Waals surface area contributed by atoms with Gasteiger partial charge in [-0.1, -0.05) is 12.1 Å². The van der Waals surface area contributed by atoms with E-state index in [9.17, 15) is 17.2 Å². The summed E-state index contributed by atoms with van der Waals surface area (Å²) < 4.78 is 51.2. The molecule has 0 amide bonds. The summed E-state index contributed by atoms with van der Waals surface area (Å²) in [5.41, 5.74) is 4.81. The Morgan fingerprint density at radius 1 is 1.35 bits per heavy atom. The lowest BCUT2D eigenvalue weighted by Gasteiger charge is -2.15. The predicted molar refractivity (Wildman–Crippen MR) is 63.3 cm³/mol. The molecule has 8 heteroatoms. The zero-order valence-corrected chi connectivity index (χ0v) is 11.1. The number of benzene rings is 1. The van der Waals surface area contributed by atoms with E-state index >= 15 is 0 Å². The Hall–Kier alpha value is -0.570. The van der Waals surface area contributed by atoms with Crippen molar-refractivity contribution in [1.82, 2.24) is 4.72 Å². The molecule has 0 atom stereocenters. The van der Waals surface area contributed by atoms with Crippen molar-refractivity contribution in [3.05, 3.63) is 28.7 Å². The largest absolute Gasteiger partial charge is 0.325 e. The Balaban J connectivity index is 2.88. The average Bonchev–Trinajstić information content (AvgIpc) is 2.27. The highest BCUT2D eigenvalue weighted by molar-refractivity contribution is 9.10. The fourth-order valence-corrected chi connectivity index (χ4v) is 3.08. The molecule has 4 nitrogen and oxygen atoms in total. The van der Waals surface area contributed by atoms with E-state index in [0.717, 1.165) is 0 Å². The van der Waals surface area contributed by atoms with Gasteiger partial charge in [0, 0.05) is 4.47 Å². The average molecular weight is 329 g/mol. The Morgan fingerprint density at radius 2 is 1.94 bits per heavy atom. The Bertz CT molecular complexity index is 494. The highest BCUT2D eigenvalue weighted by Crippen LogP contribution is 2.21. The van der Waals surface area contributed by atoms with Crippen LogP contribution in [-0.4, -0.2) is 27.4 Å². The van der Waals surface area contributed by atoms with Gasteiger partial charge in [-0.2, -0.15) is 0 Å². The lowest BCUT2D eigenvalue weighted by atomic mass is 10.3. The van der Waals surface area contributed by atoms with Crippen molar-refractivity contribution in [2.75, 3.05) is 13.1 Å². The summed E-state index contributed by atoms with van der Waals surface area (Å²) in [6.07, 6.45) is 0. The molecule has 0 bridgehead atoms. The number of hydrogen-bond donors (Lipinski definition) is 2. The smallest absolute Gasteiger partial charge is 0.273 e. The zero-order chi connectivity index (χ0) is 13.1. The van der Waals surface area contributed by atoms with E-state index in [1.54, 1.807) is 6.07 Å². The summed E-state index contributed by atoms with van der Waals surface area (Å²) in [6.45, 7) is -1.93. The van der Waals surface area contributed by atoms with Gasteiger partial charge in [-0.15, -0.1) is 0 Å². The normalized spacial score (nSPS) is 12.7. The van der Waals surface area contributed by atoms with Crippen LogP contribution < -0.4 is 10.5 Å². The van der Waals surface area contributed by atoms with Crippen LogP contribution >= 0.6 is 15.9 Å². The second-order valence-electron chi connectivity index (χ2n) is 3.32. The van der Waals surface area contributed by atoms with Gasteiger partial charge in [-0.25, -0.2) is 21.9 Å². The minimum Gasteiger partial charge on any atom is -0.325 e. The number of sulfonamides is 1.